The smallest absolute Gasteiger partial charge is 0.328 e. The van der Waals surface area contributed by atoms with Gasteiger partial charge in [0.1, 0.15) is 12.1 Å². The molecule has 0 aromatic rings. The fraction of sp³-hybridized carbons (Fsp3) is 0.714. The average Bonchev–Trinajstić information content (AvgIpc) is 3.04. The van der Waals surface area contributed by atoms with E-state index in [4.69, 9.17) is 27.4 Å². The number of nitrogens with zero attached hydrogens (tertiary/aromatic N) is 2. The minimum Gasteiger partial charge on any atom is -0.480 e. The Kier molecular flexibility index (Phi) is 8.08. The van der Waals surface area contributed by atoms with Crippen LogP contribution < -0.4 is 22.5 Å². The first kappa shape index (κ1) is 20.6. The predicted molar refractivity (Wildman–Crippen MR) is 89.3 cm³/mol. The van der Waals surface area contributed by atoms with E-state index in [1.54, 1.807) is 0 Å². The standard InChI is InChI=1S/C14H26N6O5/c15-8(3-1-5-18-14(16)17)12(23)20-6-2-4-10(20)11(22)19-9(7-21)13(24)25/h8-10,21H,1-7,15H2,(H,19,22)(H,24,25)(H4,16,17,18). The molecule has 3 unspecified atom stereocenters. The van der Waals surface area contributed by atoms with E-state index in [0.29, 0.717) is 38.8 Å². The van der Waals surface area contributed by atoms with Crippen molar-refractivity contribution >= 4 is 23.7 Å². The van der Waals surface area contributed by atoms with E-state index in [1.807, 2.05) is 0 Å². The van der Waals surface area contributed by atoms with Gasteiger partial charge in [0, 0.05) is 13.1 Å². The predicted octanol–water partition coefficient (Wildman–Crippen LogP) is -3.08. The summed E-state index contributed by atoms with van der Waals surface area (Å²) in [5, 5.41) is 20.1. The second kappa shape index (κ2) is 9.79. The van der Waals surface area contributed by atoms with Gasteiger partial charge in [-0.05, 0) is 25.7 Å². The summed E-state index contributed by atoms with van der Waals surface area (Å²) in [6, 6.07) is -2.99. The van der Waals surface area contributed by atoms with Crippen LogP contribution in [0.2, 0.25) is 0 Å². The van der Waals surface area contributed by atoms with Gasteiger partial charge in [0.05, 0.1) is 12.6 Å². The van der Waals surface area contributed by atoms with Crippen LogP contribution in [0.3, 0.4) is 0 Å². The summed E-state index contributed by atoms with van der Waals surface area (Å²) in [6.07, 6.45) is 1.90. The first-order valence-corrected chi connectivity index (χ1v) is 8.03. The Bertz CT molecular complexity index is 522. The van der Waals surface area contributed by atoms with Gasteiger partial charge < -0.3 is 37.6 Å². The van der Waals surface area contributed by atoms with E-state index in [-0.39, 0.29) is 11.9 Å². The first-order chi connectivity index (χ1) is 11.8. The summed E-state index contributed by atoms with van der Waals surface area (Å²) in [5.74, 6) is -2.37. The Morgan fingerprint density at radius 2 is 2.00 bits per heavy atom. The zero-order valence-electron chi connectivity index (χ0n) is 13.9. The van der Waals surface area contributed by atoms with E-state index < -0.39 is 36.6 Å². The van der Waals surface area contributed by atoms with Crippen LogP contribution >= 0.6 is 0 Å². The summed E-state index contributed by atoms with van der Waals surface area (Å²) in [7, 11) is 0. The number of carboxylic acids is 1. The van der Waals surface area contributed by atoms with E-state index in [9.17, 15) is 14.4 Å². The quantitative estimate of drug-likeness (QED) is 0.142. The third-order valence-electron chi connectivity index (χ3n) is 3.92. The lowest BCUT2D eigenvalue weighted by molar-refractivity contribution is -0.145. The molecule has 1 heterocycles. The van der Waals surface area contributed by atoms with Gasteiger partial charge in [-0.25, -0.2) is 4.79 Å². The minimum atomic E-state index is -1.40. The van der Waals surface area contributed by atoms with Crippen molar-refractivity contribution in [2.24, 2.45) is 22.2 Å². The molecule has 0 radical (unpaired) electrons. The molecule has 11 nitrogen and oxygen atoms in total. The Hall–Kier alpha value is -2.40. The Labute approximate surface area is 145 Å². The molecule has 142 valence electrons. The molecule has 0 aromatic carbocycles. The third-order valence-corrected chi connectivity index (χ3v) is 3.92. The van der Waals surface area contributed by atoms with Gasteiger partial charge in [0.15, 0.2) is 5.96 Å². The summed E-state index contributed by atoms with van der Waals surface area (Å²) in [5.41, 5.74) is 16.3. The second-order valence-corrected chi connectivity index (χ2v) is 5.83. The van der Waals surface area contributed by atoms with Crippen LogP contribution in [-0.2, 0) is 14.4 Å². The Morgan fingerprint density at radius 3 is 2.56 bits per heavy atom. The summed E-state index contributed by atoms with van der Waals surface area (Å²) in [6.45, 7) is -0.00848. The Morgan fingerprint density at radius 1 is 1.32 bits per heavy atom. The van der Waals surface area contributed by atoms with Crippen molar-refractivity contribution in [3.05, 3.63) is 0 Å². The molecule has 1 saturated heterocycles. The number of carboxylic acid groups (broad SMARTS) is 1. The van der Waals surface area contributed by atoms with Crippen molar-refractivity contribution in [2.75, 3.05) is 19.7 Å². The van der Waals surface area contributed by atoms with Crippen molar-refractivity contribution in [3.8, 4) is 0 Å². The molecule has 0 aromatic heterocycles. The largest absolute Gasteiger partial charge is 0.480 e. The number of carbonyl (C=O) groups is 3. The molecule has 11 heteroatoms. The fourth-order valence-electron chi connectivity index (χ4n) is 2.61. The topological polar surface area (TPSA) is 197 Å². The third kappa shape index (κ3) is 6.19. The highest BCUT2D eigenvalue weighted by Gasteiger charge is 2.37. The summed E-state index contributed by atoms with van der Waals surface area (Å²) < 4.78 is 0. The number of nitrogens with two attached hydrogens (primary N) is 3. The molecule has 0 spiro atoms. The number of aliphatic hydroxyl groups excluding tert-OH is 1. The van der Waals surface area contributed by atoms with Gasteiger partial charge in [0.2, 0.25) is 11.8 Å². The van der Waals surface area contributed by atoms with Crippen molar-refractivity contribution in [2.45, 2.75) is 43.8 Å². The number of aliphatic imine (C=N–C) groups is 1. The number of aliphatic carboxylic acids is 1. The molecule has 0 aliphatic carbocycles. The normalized spacial score (nSPS) is 19.1. The maximum absolute atomic E-state index is 12.4. The molecule has 0 bridgehead atoms. The molecular weight excluding hydrogens is 332 g/mol. The number of hydrogen-bond acceptors (Lipinski definition) is 6. The van der Waals surface area contributed by atoms with Crippen LogP contribution in [0.25, 0.3) is 0 Å². The average molecular weight is 358 g/mol. The number of likely N-dealkylation sites (tertiary alicyclic amines) is 1. The van der Waals surface area contributed by atoms with Gasteiger partial charge in [-0.15, -0.1) is 0 Å². The molecule has 2 amide bonds. The van der Waals surface area contributed by atoms with Gasteiger partial charge in [-0.2, -0.15) is 0 Å². The highest BCUT2D eigenvalue weighted by molar-refractivity contribution is 5.92. The highest BCUT2D eigenvalue weighted by atomic mass is 16.4. The van der Waals surface area contributed by atoms with Crippen LogP contribution in [0.5, 0.6) is 0 Å². The van der Waals surface area contributed by atoms with Crippen LogP contribution in [0.1, 0.15) is 25.7 Å². The molecule has 9 N–H and O–H groups in total. The summed E-state index contributed by atoms with van der Waals surface area (Å²) >= 11 is 0. The van der Waals surface area contributed by atoms with Crippen LogP contribution in [0.15, 0.2) is 4.99 Å². The van der Waals surface area contributed by atoms with Crippen molar-refractivity contribution in [1.82, 2.24) is 10.2 Å². The molecule has 1 rings (SSSR count). The zero-order valence-corrected chi connectivity index (χ0v) is 13.9. The molecule has 1 fully saturated rings. The summed E-state index contributed by atoms with van der Waals surface area (Å²) in [4.78, 5) is 40.7. The first-order valence-electron chi connectivity index (χ1n) is 8.03. The van der Waals surface area contributed by atoms with Crippen LogP contribution in [-0.4, -0.2) is 76.7 Å². The maximum atomic E-state index is 12.4. The number of guanidine groups is 1. The molecule has 3 atom stereocenters. The van der Waals surface area contributed by atoms with Gasteiger partial charge in [-0.3, -0.25) is 14.6 Å². The maximum Gasteiger partial charge on any atom is 0.328 e. The van der Waals surface area contributed by atoms with Crippen molar-refractivity contribution in [1.29, 1.82) is 0 Å². The van der Waals surface area contributed by atoms with Gasteiger partial charge >= 0.3 is 5.97 Å². The van der Waals surface area contributed by atoms with Crippen molar-refractivity contribution < 1.29 is 24.6 Å². The SMILES string of the molecule is NC(N)=NCCCC(N)C(=O)N1CCCC1C(=O)NC(CO)C(=O)O. The zero-order chi connectivity index (χ0) is 19.0. The number of rotatable bonds is 9. The van der Waals surface area contributed by atoms with E-state index in [2.05, 4.69) is 10.3 Å². The lowest BCUT2D eigenvalue weighted by atomic mass is 10.1. The fourth-order valence-corrected chi connectivity index (χ4v) is 2.61. The van der Waals surface area contributed by atoms with E-state index in [0.717, 1.165) is 0 Å². The molecule has 0 saturated carbocycles. The number of aliphatic hydroxyl groups is 1. The van der Waals surface area contributed by atoms with Crippen LogP contribution in [0.4, 0.5) is 0 Å². The van der Waals surface area contributed by atoms with Crippen molar-refractivity contribution in [3.63, 3.8) is 0 Å². The lowest BCUT2D eigenvalue weighted by Gasteiger charge is -2.27. The van der Waals surface area contributed by atoms with E-state index in [1.165, 1.54) is 4.90 Å². The monoisotopic (exact) mass is 358 g/mol. The highest BCUT2D eigenvalue weighted by Crippen LogP contribution is 2.19. The number of carbonyl (C=O) groups excluding carboxylic acids is 2. The van der Waals surface area contributed by atoms with Crippen LogP contribution in [0, 0.1) is 0 Å². The van der Waals surface area contributed by atoms with Gasteiger partial charge in [0.25, 0.3) is 0 Å². The number of nitrogens with one attached hydrogen (secondary N) is 1. The van der Waals surface area contributed by atoms with E-state index >= 15 is 0 Å². The lowest BCUT2D eigenvalue weighted by Crippen LogP contribution is -2.54. The minimum absolute atomic E-state index is 0.0342. The molecule has 1 aliphatic rings. The molecular formula is C14H26N6O5. The number of amides is 2. The Balaban J connectivity index is 2.60. The second-order valence-electron chi connectivity index (χ2n) is 5.83. The molecule has 25 heavy (non-hydrogen) atoms. The van der Waals surface area contributed by atoms with Gasteiger partial charge in [-0.1, -0.05) is 0 Å². The molecule has 1 aliphatic heterocycles. The number of hydrogen-bond donors (Lipinski definition) is 6.